The molecule has 0 saturated heterocycles. The molecule has 0 fully saturated rings. The lowest BCUT2D eigenvalue weighted by Gasteiger charge is -2.14. The summed E-state index contributed by atoms with van der Waals surface area (Å²) in [6.45, 7) is -0.499. The van der Waals surface area contributed by atoms with Crippen LogP contribution in [0, 0.1) is 11.6 Å². The zero-order valence-electron chi connectivity index (χ0n) is 21.1. The van der Waals surface area contributed by atoms with Gasteiger partial charge in [-0.3, -0.25) is 9.59 Å². The molecule has 2 aromatic heterocycles. The maximum Gasteiger partial charge on any atom is 0.573 e. The predicted octanol–water partition coefficient (Wildman–Crippen LogP) is 5.34. The van der Waals surface area contributed by atoms with E-state index in [9.17, 15) is 40.0 Å². The van der Waals surface area contributed by atoms with Crippen LogP contribution in [0.3, 0.4) is 0 Å². The second kappa shape index (κ2) is 10.8. The number of alkyl halides is 3. The number of carbonyl (C=O) groups excluding carboxylic acids is 1. The van der Waals surface area contributed by atoms with Gasteiger partial charge in [0.2, 0.25) is 0 Å². The van der Waals surface area contributed by atoms with Crippen LogP contribution in [0.1, 0.15) is 16.1 Å². The molecule has 2 heterocycles. The first-order chi connectivity index (χ1) is 19.8. The summed E-state index contributed by atoms with van der Waals surface area (Å²) in [6, 6.07) is 15.2. The van der Waals surface area contributed by atoms with E-state index in [1.54, 1.807) is 6.07 Å². The van der Waals surface area contributed by atoms with Crippen LogP contribution < -0.4 is 15.0 Å². The van der Waals surface area contributed by atoms with E-state index in [4.69, 9.17) is 0 Å². The van der Waals surface area contributed by atoms with Crippen LogP contribution in [0.15, 0.2) is 94.7 Å². The van der Waals surface area contributed by atoms with Crippen molar-refractivity contribution in [3.63, 3.8) is 0 Å². The summed E-state index contributed by atoms with van der Waals surface area (Å²) >= 11 is 0. The molecule has 0 atom stereocenters. The van der Waals surface area contributed by atoms with Crippen molar-refractivity contribution >= 4 is 26.8 Å². The average Bonchev–Trinajstić information content (AvgIpc) is 3.23. The van der Waals surface area contributed by atoms with Gasteiger partial charge in [-0.05, 0) is 48.5 Å². The summed E-state index contributed by atoms with van der Waals surface area (Å²) in [7, 11) is -4.49. The Morgan fingerprint density at radius 2 is 1.69 bits per heavy atom. The Morgan fingerprint density at radius 3 is 2.36 bits per heavy atom. The van der Waals surface area contributed by atoms with E-state index < -0.39 is 57.5 Å². The van der Waals surface area contributed by atoms with E-state index in [0.717, 1.165) is 34.9 Å². The number of aromatic amines is 1. The number of aromatic nitrogens is 2. The lowest BCUT2D eigenvalue weighted by molar-refractivity contribution is -0.274. The number of halogens is 5. The molecule has 216 valence electrons. The maximum absolute atomic E-state index is 14.8. The monoisotopic (exact) mass is 603 g/mol. The van der Waals surface area contributed by atoms with Crippen LogP contribution in [0.5, 0.6) is 5.75 Å². The van der Waals surface area contributed by atoms with E-state index in [0.29, 0.717) is 6.07 Å². The largest absolute Gasteiger partial charge is 0.573 e. The normalized spacial score (nSPS) is 11.9. The summed E-state index contributed by atoms with van der Waals surface area (Å²) in [4.78, 5) is 28.8. The van der Waals surface area contributed by atoms with Gasteiger partial charge < -0.3 is 14.3 Å². The summed E-state index contributed by atoms with van der Waals surface area (Å²) in [5.74, 6) is -3.85. The number of nitrogens with one attached hydrogen (secondary N) is 2. The Balaban J connectivity index is 1.80. The number of carbonyl (C=O) groups is 1. The van der Waals surface area contributed by atoms with Crippen molar-refractivity contribution in [2.24, 2.45) is 0 Å². The van der Waals surface area contributed by atoms with Crippen molar-refractivity contribution in [3.8, 4) is 16.9 Å². The zero-order valence-corrected chi connectivity index (χ0v) is 21.9. The van der Waals surface area contributed by atoms with Crippen molar-refractivity contribution in [1.82, 2.24) is 14.3 Å². The molecule has 0 saturated carbocycles. The van der Waals surface area contributed by atoms with Gasteiger partial charge in [0.15, 0.2) is 0 Å². The van der Waals surface area contributed by atoms with Crippen molar-refractivity contribution in [2.75, 3.05) is 0 Å². The van der Waals surface area contributed by atoms with Gasteiger partial charge in [0, 0.05) is 39.9 Å². The van der Waals surface area contributed by atoms with Crippen molar-refractivity contribution in [2.45, 2.75) is 17.8 Å². The molecule has 2 N–H and O–H groups in total. The van der Waals surface area contributed by atoms with E-state index in [-0.39, 0.29) is 32.5 Å². The fourth-order valence-electron chi connectivity index (χ4n) is 4.47. The number of hydrogen-bond donors (Lipinski definition) is 2. The van der Waals surface area contributed by atoms with Crippen LogP contribution in [0.2, 0.25) is 0 Å². The number of hydrogen-bond acceptors (Lipinski definition) is 5. The van der Waals surface area contributed by atoms with Gasteiger partial charge in [-0.2, -0.15) is 0 Å². The van der Waals surface area contributed by atoms with Gasteiger partial charge in [-0.25, -0.2) is 21.9 Å². The molecule has 0 spiro atoms. The third-order valence-electron chi connectivity index (χ3n) is 6.20. The van der Waals surface area contributed by atoms with Gasteiger partial charge in [0.05, 0.1) is 11.4 Å². The molecule has 14 heteroatoms. The highest BCUT2D eigenvalue weighted by atomic mass is 32.2. The minimum absolute atomic E-state index is 0.0220. The van der Waals surface area contributed by atoms with E-state index in [1.807, 2.05) is 4.72 Å². The number of ether oxygens (including phenoxy) is 1. The molecule has 42 heavy (non-hydrogen) atoms. The summed E-state index contributed by atoms with van der Waals surface area (Å²) in [5, 5.41) is -0.113. The lowest BCUT2D eigenvalue weighted by atomic mass is 10.0. The molecule has 5 rings (SSSR count). The molecule has 0 radical (unpaired) electrons. The van der Waals surface area contributed by atoms with Gasteiger partial charge in [-0.1, -0.05) is 24.3 Å². The van der Waals surface area contributed by atoms with E-state index >= 15 is 0 Å². The van der Waals surface area contributed by atoms with E-state index in [1.165, 1.54) is 42.6 Å². The SMILES string of the molecule is O=C(NS(=O)(=O)c1ccccc1)c1c(-c2ccc[nH]c2=O)c2cc(OC(F)(F)F)ccc2n1Cc1ccc(F)cc1F. The molecular weight excluding hydrogens is 585 g/mol. The van der Waals surface area contributed by atoms with Crippen molar-refractivity contribution in [1.29, 1.82) is 0 Å². The Labute approximate surface area is 234 Å². The molecule has 0 unspecified atom stereocenters. The zero-order chi connectivity index (χ0) is 30.2. The fraction of sp³-hybridized carbons (Fsp3) is 0.0714. The number of benzene rings is 3. The van der Waals surface area contributed by atoms with Crippen LogP contribution >= 0.6 is 0 Å². The minimum atomic E-state index is -5.08. The van der Waals surface area contributed by atoms with Crippen LogP contribution in [-0.4, -0.2) is 30.2 Å². The quantitative estimate of drug-likeness (QED) is 0.244. The second-order valence-corrected chi connectivity index (χ2v) is 10.6. The molecule has 3 aromatic carbocycles. The number of sulfonamides is 1. The van der Waals surface area contributed by atoms with E-state index in [2.05, 4.69) is 9.72 Å². The van der Waals surface area contributed by atoms with Crippen LogP contribution in [-0.2, 0) is 16.6 Å². The molecule has 0 aliphatic rings. The number of H-pyrrole nitrogens is 1. The highest BCUT2D eigenvalue weighted by Crippen LogP contribution is 2.38. The summed E-state index contributed by atoms with van der Waals surface area (Å²) in [6.07, 6.45) is -3.81. The van der Waals surface area contributed by atoms with Gasteiger partial charge >= 0.3 is 6.36 Å². The number of rotatable bonds is 7. The number of fused-ring (bicyclic) bond motifs is 1. The first-order valence-corrected chi connectivity index (χ1v) is 13.5. The summed E-state index contributed by atoms with van der Waals surface area (Å²) < 4.78 is 101. The molecule has 8 nitrogen and oxygen atoms in total. The van der Waals surface area contributed by atoms with Crippen molar-refractivity contribution < 1.29 is 39.9 Å². The number of pyridine rings is 1. The smallest absolute Gasteiger partial charge is 0.406 e. The molecule has 0 aliphatic carbocycles. The number of amides is 1. The Bertz CT molecular complexity index is 1990. The molecule has 0 bridgehead atoms. The van der Waals surface area contributed by atoms with Crippen LogP contribution in [0.25, 0.3) is 22.0 Å². The minimum Gasteiger partial charge on any atom is -0.406 e. The Morgan fingerprint density at radius 1 is 0.952 bits per heavy atom. The number of nitrogens with zero attached hydrogens (tertiary/aromatic N) is 1. The topological polar surface area (TPSA) is 110 Å². The fourth-order valence-corrected chi connectivity index (χ4v) is 5.45. The lowest BCUT2D eigenvalue weighted by Crippen LogP contribution is -2.33. The highest BCUT2D eigenvalue weighted by Gasteiger charge is 2.33. The van der Waals surface area contributed by atoms with Crippen LogP contribution in [0.4, 0.5) is 22.0 Å². The standard InChI is InChI=1S/C28H18F5N3O5S/c29-17-9-8-16(22(30)13-17)15-36-23-11-10-18(41-28(31,32)33)14-21(23)24(20-7-4-12-34-26(20)37)25(36)27(38)35-42(39,40)19-5-2-1-3-6-19/h1-14H,15H2,(H,34,37)(H,35,38). The predicted molar refractivity (Wildman–Crippen MR) is 141 cm³/mol. The maximum atomic E-state index is 14.8. The van der Waals surface area contributed by atoms with Gasteiger partial charge in [0.25, 0.3) is 21.5 Å². The Hall–Kier alpha value is -4.98. The molecule has 1 amide bonds. The summed E-state index contributed by atoms with van der Waals surface area (Å²) in [5.41, 5.74) is -1.82. The first kappa shape index (κ1) is 28.5. The van der Waals surface area contributed by atoms with Crippen molar-refractivity contribution in [3.05, 3.63) is 118 Å². The first-order valence-electron chi connectivity index (χ1n) is 12.0. The third kappa shape index (κ3) is 5.74. The highest BCUT2D eigenvalue weighted by molar-refractivity contribution is 7.90. The Kier molecular flexibility index (Phi) is 7.33. The molecular formula is C28H18F5N3O5S. The third-order valence-corrected chi connectivity index (χ3v) is 7.54. The second-order valence-electron chi connectivity index (χ2n) is 8.93. The van der Waals surface area contributed by atoms with Gasteiger partial charge in [-0.15, -0.1) is 13.2 Å². The van der Waals surface area contributed by atoms with Gasteiger partial charge in [0.1, 0.15) is 23.1 Å². The molecule has 5 aromatic rings. The average molecular weight is 604 g/mol. The molecule has 0 aliphatic heterocycles.